The van der Waals surface area contributed by atoms with Crippen LogP contribution in [0.1, 0.15) is 65.7 Å². The van der Waals surface area contributed by atoms with Crippen molar-refractivity contribution in [3.63, 3.8) is 0 Å². The minimum Gasteiger partial charge on any atom is -0.376 e. The van der Waals surface area contributed by atoms with Crippen molar-refractivity contribution in [3.8, 4) is 0 Å². The zero-order chi connectivity index (χ0) is 15.9. The Balaban J connectivity index is 1.53. The van der Waals surface area contributed by atoms with Gasteiger partial charge in [0, 0.05) is 25.7 Å². The van der Waals surface area contributed by atoms with Gasteiger partial charge in [0.25, 0.3) is 0 Å². The number of hydrogen-bond donors (Lipinski definition) is 0. The van der Waals surface area contributed by atoms with E-state index in [1.54, 1.807) is 0 Å². The molecular weight excluding hydrogens is 272 g/mol. The summed E-state index contributed by atoms with van der Waals surface area (Å²) in [5.74, 6) is 0.969. The van der Waals surface area contributed by atoms with Gasteiger partial charge in [-0.25, -0.2) is 0 Å². The quantitative estimate of drug-likeness (QED) is 0.666. The second-order valence-electron chi connectivity index (χ2n) is 7.97. The molecule has 0 spiro atoms. The highest BCUT2D eigenvalue weighted by Crippen LogP contribution is 2.30. The van der Waals surface area contributed by atoms with Gasteiger partial charge in [-0.15, -0.1) is 0 Å². The highest BCUT2D eigenvalue weighted by atomic mass is 16.5. The summed E-state index contributed by atoms with van der Waals surface area (Å²) in [4.78, 5) is 5.15. The van der Waals surface area contributed by atoms with Gasteiger partial charge in [0.1, 0.15) is 0 Å². The Labute approximate surface area is 138 Å². The molecule has 2 aliphatic rings. The van der Waals surface area contributed by atoms with Crippen LogP contribution in [0.25, 0.3) is 0 Å². The molecule has 0 N–H and O–H groups in total. The Hall–Kier alpha value is -0.120. The molecule has 0 aromatic carbocycles. The molecule has 1 saturated heterocycles. The highest BCUT2D eigenvalue weighted by molar-refractivity contribution is 4.78. The van der Waals surface area contributed by atoms with Crippen LogP contribution in [0.15, 0.2) is 0 Å². The van der Waals surface area contributed by atoms with E-state index in [2.05, 4.69) is 37.6 Å². The molecule has 0 unspecified atom stereocenters. The van der Waals surface area contributed by atoms with Gasteiger partial charge in [-0.2, -0.15) is 0 Å². The summed E-state index contributed by atoms with van der Waals surface area (Å²) in [7, 11) is 2.24. The fourth-order valence-electron chi connectivity index (χ4n) is 4.20. The van der Waals surface area contributed by atoms with E-state index in [-0.39, 0.29) is 0 Å². The van der Waals surface area contributed by atoms with E-state index < -0.39 is 0 Å². The topological polar surface area (TPSA) is 15.7 Å². The molecule has 2 fully saturated rings. The molecule has 3 nitrogen and oxygen atoms in total. The fourth-order valence-corrected chi connectivity index (χ4v) is 4.20. The molecular formula is C19H38N2O. The van der Waals surface area contributed by atoms with Crippen LogP contribution in [-0.2, 0) is 4.74 Å². The Morgan fingerprint density at radius 3 is 2.41 bits per heavy atom. The number of piperazine rings is 1. The Morgan fingerprint density at radius 2 is 1.77 bits per heavy atom. The number of hydrogen-bond acceptors (Lipinski definition) is 3. The molecule has 1 aliphatic heterocycles. The van der Waals surface area contributed by atoms with Gasteiger partial charge in [0.05, 0.1) is 12.2 Å². The normalized spacial score (nSPS) is 31.8. The number of unbranched alkanes of at least 4 members (excludes halogenated alkanes) is 1. The first kappa shape index (κ1) is 18.2. The van der Waals surface area contributed by atoms with Gasteiger partial charge in [0.2, 0.25) is 0 Å². The van der Waals surface area contributed by atoms with Crippen molar-refractivity contribution in [2.75, 3.05) is 33.2 Å². The van der Waals surface area contributed by atoms with Crippen molar-refractivity contribution in [3.05, 3.63) is 0 Å². The Bertz CT molecular complexity index is 300. The zero-order valence-corrected chi connectivity index (χ0v) is 15.4. The maximum atomic E-state index is 5.95. The van der Waals surface area contributed by atoms with Crippen LogP contribution >= 0.6 is 0 Å². The molecule has 22 heavy (non-hydrogen) atoms. The number of ether oxygens (including phenoxy) is 1. The van der Waals surface area contributed by atoms with Crippen LogP contribution in [-0.4, -0.2) is 61.3 Å². The monoisotopic (exact) mass is 310 g/mol. The number of rotatable bonds is 7. The van der Waals surface area contributed by atoms with Crippen LogP contribution in [0, 0.1) is 5.92 Å². The lowest BCUT2D eigenvalue weighted by Gasteiger charge is -2.38. The van der Waals surface area contributed by atoms with Crippen LogP contribution in [0.4, 0.5) is 0 Å². The maximum Gasteiger partial charge on any atom is 0.0578 e. The standard InChI is InChI=1S/C19H38N2O/c1-16(2)22-19-10-8-18(9-11-19)7-5-6-12-21-14-13-20(4)15-17(21)3/h16-19H,5-15H2,1-4H3/t17-,18?,19?/m1/s1. The molecule has 0 radical (unpaired) electrons. The second kappa shape index (κ2) is 9.24. The highest BCUT2D eigenvalue weighted by Gasteiger charge is 2.23. The predicted octanol–water partition coefficient (Wildman–Crippen LogP) is 3.78. The van der Waals surface area contributed by atoms with Crippen LogP contribution in [0.5, 0.6) is 0 Å². The summed E-state index contributed by atoms with van der Waals surface area (Å²) < 4.78 is 5.95. The lowest BCUT2D eigenvalue weighted by molar-refractivity contribution is -0.0204. The lowest BCUT2D eigenvalue weighted by atomic mass is 9.84. The van der Waals surface area contributed by atoms with Crippen molar-refractivity contribution < 1.29 is 4.74 Å². The van der Waals surface area contributed by atoms with Crippen LogP contribution in [0.3, 0.4) is 0 Å². The summed E-state index contributed by atoms with van der Waals surface area (Å²) in [6, 6.07) is 0.738. The van der Waals surface area contributed by atoms with Crippen LogP contribution in [0.2, 0.25) is 0 Å². The minimum atomic E-state index is 0.395. The second-order valence-corrected chi connectivity index (χ2v) is 7.97. The fraction of sp³-hybridized carbons (Fsp3) is 1.00. The molecule has 0 amide bonds. The molecule has 130 valence electrons. The number of nitrogens with zero attached hydrogens (tertiary/aromatic N) is 2. The number of likely N-dealkylation sites (N-methyl/N-ethyl adjacent to an activating group) is 1. The van der Waals surface area contributed by atoms with E-state index in [0.29, 0.717) is 12.2 Å². The molecule has 3 heteroatoms. The molecule has 1 heterocycles. The van der Waals surface area contributed by atoms with Gasteiger partial charge in [0.15, 0.2) is 0 Å². The van der Waals surface area contributed by atoms with Crippen LogP contribution < -0.4 is 0 Å². The van der Waals surface area contributed by atoms with Crippen molar-refractivity contribution in [1.82, 2.24) is 9.80 Å². The average molecular weight is 311 g/mol. The predicted molar refractivity (Wildman–Crippen MR) is 94.4 cm³/mol. The van der Waals surface area contributed by atoms with Crippen molar-refractivity contribution >= 4 is 0 Å². The van der Waals surface area contributed by atoms with Gasteiger partial charge in [-0.05, 0) is 72.4 Å². The third kappa shape index (κ3) is 6.17. The summed E-state index contributed by atoms with van der Waals surface area (Å²) >= 11 is 0. The summed E-state index contributed by atoms with van der Waals surface area (Å²) in [5.41, 5.74) is 0. The third-order valence-corrected chi connectivity index (χ3v) is 5.53. The van der Waals surface area contributed by atoms with E-state index in [0.717, 1.165) is 12.0 Å². The van der Waals surface area contributed by atoms with Crippen molar-refractivity contribution in [2.24, 2.45) is 5.92 Å². The summed E-state index contributed by atoms with van der Waals surface area (Å²) in [6.45, 7) is 11.7. The Morgan fingerprint density at radius 1 is 1.05 bits per heavy atom. The first-order valence-corrected chi connectivity index (χ1v) is 9.62. The average Bonchev–Trinajstić information content (AvgIpc) is 2.46. The molecule has 0 aromatic heterocycles. The van der Waals surface area contributed by atoms with Gasteiger partial charge in [-0.1, -0.05) is 12.8 Å². The molecule has 2 rings (SSSR count). The minimum absolute atomic E-state index is 0.395. The summed E-state index contributed by atoms with van der Waals surface area (Å²) in [6.07, 6.45) is 10.5. The van der Waals surface area contributed by atoms with Gasteiger partial charge in [-0.3, -0.25) is 4.90 Å². The van der Waals surface area contributed by atoms with E-state index in [1.165, 1.54) is 71.1 Å². The first-order chi connectivity index (χ1) is 10.5. The van der Waals surface area contributed by atoms with Gasteiger partial charge < -0.3 is 9.64 Å². The zero-order valence-electron chi connectivity index (χ0n) is 15.4. The largest absolute Gasteiger partial charge is 0.376 e. The first-order valence-electron chi connectivity index (χ1n) is 9.62. The van der Waals surface area contributed by atoms with Gasteiger partial charge >= 0.3 is 0 Å². The SMILES string of the molecule is CC(C)OC1CCC(CCCCN2CCN(C)C[C@H]2C)CC1. The molecule has 1 atom stereocenters. The third-order valence-electron chi connectivity index (χ3n) is 5.53. The smallest absolute Gasteiger partial charge is 0.0578 e. The van der Waals surface area contributed by atoms with Crippen molar-refractivity contribution in [1.29, 1.82) is 0 Å². The van der Waals surface area contributed by atoms with E-state index in [1.807, 2.05) is 0 Å². The van der Waals surface area contributed by atoms with E-state index in [9.17, 15) is 0 Å². The maximum absolute atomic E-state index is 5.95. The van der Waals surface area contributed by atoms with E-state index >= 15 is 0 Å². The molecule has 1 saturated carbocycles. The molecule has 0 bridgehead atoms. The molecule has 0 aromatic rings. The lowest BCUT2D eigenvalue weighted by Crippen LogP contribution is -2.50. The summed E-state index contributed by atoms with van der Waals surface area (Å²) in [5, 5.41) is 0. The molecule has 1 aliphatic carbocycles. The van der Waals surface area contributed by atoms with Crippen molar-refractivity contribution in [2.45, 2.75) is 84.0 Å². The van der Waals surface area contributed by atoms with E-state index in [4.69, 9.17) is 4.74 Å². The Kier molecular flexibility index (Phi) is 7.66.